The van der Waals surface area contributed by atoms with Crippen molar-refractivity contribution in [2.24, 2.45) is 0 Å². The second-order valence-electron chi connectivity index (χ2n) is 14.8. The second-order valence-corrected chi connectivity index (χ2v) is 15.8. The summed E-state index contributed by atoms with van der Waals surface area (Å²) in [7, 11) is 0. The van der Waals surface area contributed by atoms with Crippen LogP contribution in [0.3, 0.4) is 0 Å². The van der Waals surface area contributed by atoms with E-state index in [1.165, 1.54) is 42.4 Å². The minimum Gasteiger partial charge on any atom is -0.456 e. The molecule has 0 saturated heterocycles. The van der Waals surface area contributed by atoms with E-state index in [-0.39, 0.29) is 0 Å². The summed E-state index contributed by atoms with van der Waals surface area (Å²) in [6.45, 7) is 0. The van der Waals surface area contributed by atoms with Gasteiger partial charge in [-0.1, -0.05) is 140 Å². The Bertz CT molecular complexity index is 3510. The number of nitrogens with zero attached hydrogens (tertiary/aromatic N) is 1. The van der Waals surface area contributed by atoms with E-state index in [4.69, 9.17) is 8.83 Å². The minimum atomic E-state index is 0.846. The van der Waals surface area contributed by atoms with Gasteiger partial charge in [0.25, 0.3) is 0 Å². The van der Waals surface area contributed by atoms with Crippen LogP contribution in [0.15, 0.2) is 209 Å². The highest BCUT2D eigenvalue weighted by atomic mass is 32.1. The van der Waals surface area contributed by atoms with E-state index in [2.05, 4.69) is 187 Å². The molecule has 0 unspecified atom stereocenters. The van der Waals surface area contributed by atoms with Crippen molar-refractivity contribution in [2.75, 3.05) is 4.90 Å². The molecule has 0 bridgehead atoms. The van der Waals surface area contributed by atoms with Crippen molar-refractivity contribution in [3.05, 3.63) is 200 Å². The molecule has 9 aromatic carbocycles. The molecule has 0 fully saturated rings. The normalized spacial score (nSPS) is 11.8. The van der Waals surface area contributed by atoms with Gasteiger partial charge in [-0.25, -0.2) is 0 Å². The van der Waals surface area contributed by atoms with Crippen LogP contribution in [0.4, 0.5) is 17.1 Å². The van der Waals surface area contributed by atoms with Crippen molar-refractivity contribution in [1.82, 2.24) is 0 Å². The van der Waals surface area contributed by atoms with Crippen LogP contribution in [0.5, 0.6) is 0 Å². The highest BCUT2D eigenvalue weighted by molar-refractivity contribution is 7.26. The van der Waals surface area contributed by atoms with Gasteiger partial charge < -0.3 is 13.7 Å². The predicted molar refractivity (Wildman–Crippen MR) is 245 cm³/mol. The molecule has 3 aromatic heterocycles. The van der Waals surface area contributed by atoms with Crippen LogP contribution in [0, 0.1) is 0 Å². The summed E-state index contributed by atoms with van der Waals surface area (Å²) in [5, 5.41) is 6.82. The summed E-state index contributed by atoms with van der Waals surface area (Å²) < 4.78 is 15.9. The van der Waals surface area contributed by atoms with E-state index >= 15 is 0 Å². The molecule has 12 rings (SSSR count). The van der Waals surface area contributed by atoms with Crippen LogP contribution < -0.4 is 4.90 Å². The third kappa shape index (κ3) is 5.12. The number of furan rings is 2. The third-order valence-corrected chi connectivity index (χ3v) is 12.7. The highest BCUT2D eigenvalue weighted by Crippen LogP contribution is 2.50. The zero-order valence-corrected chi connectivity index (χ0v) is 32.0. The van der Waals surface area contributed by atoms with Crippen molar-refractivity contribution >= 4 is 92.4 Å². The molecular formula is C54H33NO2S. The van der Waals surface area contributed by atoms with Gasteiger partial charge in [0.15, 0.2) is 0 Å². The average Bonchev–Trinajstić information content (AvgIpc) is 3.99. The molecular weight excluding hydrogens is 727 g/mol. The molecule has 0 aliphatic rings. The van der Waals surface area contributed by atoms with Crippen molar-refractivity contribution in [2.45, 2.75) is 0 Å². The second kappa shape index (κ2) is 13.1. The summed E-state index contributed by atoms with van der Waals surface area (Å²) >= 11 is 1.87. The average molecular weight is 760 g/mol. The van der Waals surface area contributed by atoms with Crippen LogP contribution in [0.2, 0.25) is 0 Å². The Morgan fingerprint density at radius 1 is 0.362 bits per heavy atom. The first-order valence-corrected chi connectivity index (χ1v) is 20.4. The van der Waals surface area contributed by atoms with E-state index in [9.17, 15) is 0 Å². The lowest BCUT2D eigenvalue weighted by molar-refractivity contribution is 0.669. The molecule has 4 heteroatoms. The topological polar surface area (TPSA) is 29.5 Å². The fourth-order valence-electron chi connectivity index (χ4n) is 8.83. The van der Waals surface area contributed by atoms with Crippen molar-refractivity contribution in [3.63, 3.8) is 0 Å². The third-order valence-electron chi connectivity index (χ3n) is 11.5. The Labute approximate surface area is 338 Å². The zero-order chi connectivity index (χ0) is 38.2. The maximum Gasteiger partial charge on any atom is 0.145 e. The number of thiophene rings is 1. The van der Waals surface area contributed by atoms with E-state index in [1.807, 2.05) is 29.5 Å². The monoisotopic (exact) mass is 759 g/mol. The number of benzene rings is 9. The summed E-state index contributed by atoms with van der Waals surface area (Å²) in [4.78, 5) is 2.39. The number of rotatable bonds is 6. The van der Waals surface area contributed by atoms with Crippen LogP contribution in [-0.2, 0) is 0 Å². The minimum absolute atomic E-state index is 0.846. The molecule has 0 radical (unpaired) electrons. The van der Waals surface area contributed by atoms with Gasteiger partial charge in [-0.15, -0.1) is 11.3 Å². The molecule has 0 spiro atoms. The molecule has 272 valence electrons. The lowest BCUT2D eigenvalue weighted by Crippen LogP contribution is -2.10. The van der Waals surface area contributed by atoms with Crippen LogP contribution >= 0.6 is 11.3 Å². The number of hydrogen-bond donors (Lipinski definition) is 0. The van der Waals surface area contributed by atoms with Gasteiger partial charge in [0.2, 0.25) is 0 Å². The SMILES string of the molecule is c1ccc(-c2ccc(N(c3ccc4c(c3)oc3ccccc34)c3ccc4sc5c(-c6ccccc6)ccc(-c6ccccc6)c5c4c3)c3c2oc2ccccc23)cc1. The Hall–Kier alpha value is -7.40. The Kier molecular flexibility index (Phi) is 7.40. The van der Waals surface area contributed by atoms with E-state index in [0.29, 0.717) is 0 Å². The van der Waals surface area contributed by atoms with Crippen LogP contribution in [0.1, 0.15) is 0 Å². The lowest BCUT2D eigenvalue weighted by atomic mass is 9.94. The molecule has 0 N–H and O–H groups in total. The molecule has 3 heterocycles. The molecule has 3 nitrogen and oxygen atoms in total. The fourth-order valence-corrected chi connectivity index (χ4v) is 10.1. The zero-order valence-electron chi connectivity index (χ0n) is 31.2. The standard InChI is InChI=1S/C54H33NO2S/c1-4-14-34(15-5-1)39-27-28-41(36-18-8-3-9-19-36)54-51(39)45-32-37(25-31-50(45)58-54)55(38-24-26-43-42-20-10-12-22-47(42)56-49(43)33-38)46-30-29-40(35-16-6-2-7-17-35)53-52(46)44-21-11-13-23-48(44)57-53/h1-33H. The van der Waals surface area contributed by atoms with Gasteiger partial charge in [0.1, 0.15) is 22.3 Å². The molecule has 58 heavy (non-hydrogen) atoms. The molecule has 0 aliphatic carbocycles. The summed E-state index contributed by atoms with van der Waals surface area (Å²) in [5.41, 5.74) is 13.6. The first kappa shape index (κ1) is 32.8. The lowest BCUT2D eigenvalue weighted by Gasteiger charge is -2.27. The molecule has 0 aliphatic heterocycles. The molecule has 12 aromatic rings. The van der Waals surface area contributed by atoms with E-state index < -0.39 is 0 Å². The fraction of sp³-hybridized carbons (Fsp3) is 0. The summed E-state index contributed by atoms with van der Waals surface area (Å²) in [5.74, 6) is 0. The van der Waals surface area contributed by atoms with Crippen LogP contribution in [-0.4, -0.2) is 0 Å². The summed E-state index contributed by atoms with van der Waals surface area (Å²) in [6, 6.07) is 71.3. The Balaban J connectivity index is 1.17. The van der Waals surface area contributed by atoms with Gasteiger partial charge in [-0.05, 0) is 82.4 Å². The molecule has 0 saturated carbocycles. The van der Waals surface area contributed by atoms with E-state index in [0.717, 1.165) is 72.1 Å². The van der Waals surface area contributed by atoms with Gasteiger partial charge in [-0.2, -0.15) is 0 Å². The Morgan fingerprint density at radius 3 is 1.66 bits per heavy atom. The Morgan fingerprint density at radius 2 is 0.914 bits per heavy atom. The molecule has 0 amide bonds. The predicted octanol–water partition coefficient (Wildman–Crippen LogP) is 16.3. The van der Waals surface area contributed by atoms with Gasteiger partial charge in [-0.3, -0.25) is 0 Å². The summed E-state index contributed by atoms with van der Waals surface area (Å²) in [6.07, 6.45) is 0. The van der Waals surface area contributed by atoms with Gasteiger partial charge >= 0.3 is 0 Å². The maximum atomic E-state index is 6.80. The first-order valence-electron chi connectivity index (χ1n) is 19.6. The number of para-hydroxylation sites is 2. The van der Waals surface area contributed by atoms with Crippen molar-refractivity contribution in [3.8, 4) is 33.4 Å². The van der Waals surface area contributed by atoms with Gasteiger partial charge in [0.05, 0.1) is 11.1 Å². The first-order chi connectivity index (χ1) is 28.8. The number of fused-ring (bicyclic) bond motifs is 9. The molecule has 0 atom stereocenters. The van der Waals surface area contributed by atoms with Crippen molar-refractivity contribution < 1.29 is 8.83 Å². The largest absolute Gasteiger partial charge is 0.456 e. The van der Waals surface area contributed by atoms with Crippen LogP contribution in [0.25, 0.3) is 97.4 Å². The van der Waals surface area contributed by atoms with Gasteiger partial charge in [0, 0.05) is 59.3 Å². The maximum absolute atomic E-state index is 6.80. The number of anilines is 3. The highest BCUT2D eigenvalue weighted by Gasteiger charge is 2.24. The quantitative estimate of drug-likeness (QED) is 0.169. The smallest absolute Gasteiger partial charge is 0.145 e. The van der Waals surface area contributed by atoms with E-state index in [1.54, 1.807) is 0 Å². The van der Waals surface area contributed by atoms with Crippen molar-refractivity contribution in [1.29, 1.82) is 0 Å². The number of hydrogen-bond acceptors (Lipinski definition) is 4.